The standard InChI is InChI=1S/CH4N2O4S/c2-3(1-4)8(5,6)7/h1H,2H2,(H,5,6,7). The van der Waals surface area contributed by atoms with Crippen molar-refractivity contribution < 1.29 is 17.8 Å². The molecule has 0 spiro atoms. The normalized spacial score (nSPS) is 10.8. The fourth-order valence-corrected chi connectivity index (χ4v) is 0.163. The summed E-state index contributed by atoms with van der Waals surface area (Å²) >= 11 is 0. The molecular formula is CH4N2O4S. The first-order chi connectivity index (χ1) is 3.48. The maximum absolute atomic E-state index is 9.69. The Morgan fingerprint density at radius 1 is 1.62 bits per heavy atom. The van der Waals surface area contributed by atoms with Crippen LogP contribution in [-0.2, 0) is 15.1 Å². The Balaban J connectivity index is 4.26. The number of carbonyl (C=O) groups is 1. The highest BCUT2D eigenvalue weighted by Gasteiger charge is 2.09. The highest BCUT2D eigenvalue weighted by Crippen LogP contribution is 1.79. The van der Waals surface area contributed by atoms with Gasteiger partial charge in [-0.2, -0.15) is 12.8 Å². The Bertz CT molecular complexity index is 170. The van der Waals surface area contributed by atoms with Crippen LogP contribution in [-0.4, -0.2) is 23.8 Å². The first-order valence-electron chi connectivity index (χ1n) is 1.45. The van der Waals surface area contributed by atoms with Gasteiger partial charge in [0.1, 0.15) is 0 Å². The zero-order valence-electron chi connectivity index (χ0n) is 3.68. The second-order valence-electron chi connectivity index (χ2n) is 0.913. The molecule has 0 fully saturated rings. The smallest absolute Gasteiger partial charge is 0.276 e. The van der Waals surface area contributed by atoms with E-state index >= 15 is 0 Å². The van der Waals surface area contributed by atoms with Gasteiger partial charge in [-0.15, -0.1) is 0 Å². The van der Waals surface area contributed by atoms with Crippen molar-refractivity contribution in [2.45, 2.75) is 0 Å². The summed E-state index contributed by atoms with van der Waals surface area (Å²) < 4.78 is 26.9. The Kier molecular flexibility index (Phi) is 1.90. The van der Waals surface area contributed by atoms with E-state index in [0.29, 0.717) is 0 Å². The SMILES string of the molecule is NN(C=O)S(=O)(=O)O. The topological polar surface area (TPSA) is 101 Å². The molecule has 0 unspecified atom stereocenters. The molecule has 0 heterocycles. The van der Waals surface area contributed by atoms with Crippen molar-refractivity contribution in [1.82, 2.24) is 4.41 Å². The van der Waals surface area contributed by atoms with Gasteiger partial charge in [0.05, 0.1) is 0 Å². The molecule has 48 valence electrons. The van der Waals surface area contributed by atoms with Crippen LogP contribution in [0.3, 0.4) is 0 Å². The van der Waals surface area contributed by atoms with E-state index in [9.17, 15) is 13.2 Å². The monoisotopic (exact) mass is 140 g/mol. The second kappa shape index (κ2) is 2.07. The number of amides is 1. The minimum Gasteiger partial charge on any atom is -0.276 e. The average Bonchev–Trinajstić information content (AvgIpc) is 1.62. The first-order valence-corrected chi connectivity index (χ1v) is 2.85. The van der Waals surface area contributed by atoms with Gasteiger partial charge < -0.3 is 0 Å². The summed E-state index contributed by atoms with van der Waals surface area (Å²) in [4.78, 5) is 9.41. The number of nitrogens with two attached hydrogens (primary N) is 1. The van der Waals surface area contributed by atoms with Crippen LogP contribution in [0.15, 0.2) is 0 Å². The molecule has 0 rings (SSSR count). The molecule has 0 saturated carbocycles. The maximum Gasteiger partial charge on any atom is 0.375 e. The van der Waals surface area contributed by atoms with Crippen LogP contribution in [0.2, 0.25) is 0 Å². The van der Waals surface area contributed by atoms with E-state index in [1.807, 2.05) is 0 Å². The van der Waals surface area contributed by atoms with E-state index in [1.54, 1.807) is 0 Å². The highest BCUT2D eigenvalue weighted by atomic mass is 32.2. The molecule has 7 heteroatoms. The fraction of sp³-hybridized carbons (Fsp3) is 0. The summed E-state index contributed by atoms with van der Waals surface area (Å²) in [5.74, 6) is 4.38. The summed E-state index contributed by atoms with van der Waals surface area (Å²) in [5, 5.41) is 0. The Labute approximate surface area is 45.7 Å². The molecule has 0 aromatic rings. The minimum absolute atomic E-state index is 0.227. The van der Waals surface area contributed by atoms with Crippen molar-refractivity contribution in [2.24, 2.45) is 5.84 Å². The third-order valence-electron chi connectivity index (χ3n) is 0.370. The van der Waals surface area contributed by atoms with E-state index in [4.69, 9.17) is 4.55 Å². The molecule has 6 nitrogen and oxygen atoms in total. The molecule has 0 atom stereocenters. The van der Waals surface area contributed by atoms with Crippen LogP contribution in [0, 0.1) is 0 Å². The lowest BCUT2D eigenvalue weighted by Crippen LogP contribution is -2.35. The van der Waals surface area contributed by atoms with Gasteiger partial charge in [0, 0.05) is 0 Å². The van der Waals surface area contributed by atoms with Crippen molar-refractivity contribution in [3.05, 3.63) is 0 Å². The molecule has 0 aromatic carbocycles. The average molecular weight is 140 g/mol. The number of carbonyl (C=O) groups excluding carboxylic acids is 1. The van der Waals surface area contributed by atoms with Crippen LogP contribution < -0.4 is 5.84 Å². The number of nitrogens with zero attached hydrogens (tertiary/aromatic N) is 1. The molecule has 0 saturated heterocycles. The predicted octanol–water partition coefficient (Wildman–Crippen LogP) is -1.88. The minimum atomic E-state index is -4.51. The quantitative estimate of drug-likeness (QED) is 0.154. The first kappa shape index (κ1) is 7.34. The molecule has 0 bridgehead atoms. The lowest BCUT2D eigenvalue weighted by atomic mass is 11.4. The molecule has 0 aromatic heterocycles. The van der Waals surface area contributed by atoms with Gasteiger partial charge in [-0.25, -0.2) is 5.84 Å². The number of hydrogen-bond donors (Lipinski definition) is 2. The van der Waals surface area contributed by atoms with Gasteiger partial charge in [-0.05, 0) is 0 Å². The van der Waals surface area contributed by atoms with Gasteiger partial charge in [0.2, 0.25) is 6.41 Å². The molecule has 0 radical (unpaired) electrons. The van der Waals surface area contributed by atoms with Crippen LogP contribution in [0.5, 0.6) is 0 Å². The van der Waals surface area contributed by atoms with Crippen LogP contribution in [0.1, 0.15) is 0 Å². The maximum atomic E-state index is 9.69. The molecule has 0 aliphatic rings. The zero-order valence-corrected chi connectivity index (χ0v) is 4.50. The number of rotatable bonds is 2. The Morgan fingerprint density at radius 3 is 2.00 bits per heavy atom. The summed E-state index contributed by atoms with van der Waals surface area (Å²) in [6.07, 6.45) is -0.227. The predicted molar refractivity (Wildman–Crippen MR) is 23.6 cm³/mol. The van der Waals surface area contributed by atoms with Crippen molar-refractivity contribution in [3.8, 4) is 0 Å². The highest BCUT2D eigenvalue weighted by molar-refractivity contribution is 7.83. The van der Waals surface area contributed by atoms with Crippen LogP contribution in [0.25, 0.3) is 0 Å². The van der Waals surface area contributed by atoms with Gasteiger partial charge in [0.15, 0.2) is 0 Å². The summed E-state index contributed by atoms with van der Waals surface area (Å²) in [6, 6.07) is 0. The van der Waals surface area contributed by atoms with Gasteiger partial charge in [0.25, 0.3) is 0 Å². The summed E-state index contributed by atoms with van der Waals surface area (Å²) in [5.41, 5.74) is 0. The number of hydrogen-bond acceptors (Lipinski definition) is 4. The molecule has 0 aliphatic heterocycles. The van der Waals surface area contributed by atoms with E-state index < -0.39 is 10.3 Å². The van der Waals surface area contributed by atoms with Gasteiger partial charge >= 0.3 is 10.3 Å². The third-order valence-corrected chi connectivity index (χ3v) is 0.989. The van der Waals surface area contributed by atoms with Crippen molar-refractivity contribution in [2.75, 3.05) is 0 Å². The van der Waals surface area contributed by atoms with E-state index in [2.05, 4.69) is 5.84 Å². The van der Waals surface area contributed by atoms with E-state index in [0.717, 1.165) is 0 Å². The zero-order chi connectivity index (χ0) is 6.78. The van der Waals surface area contributed by atoms with Gasteiger partial charge in [-0.1, -0.05) is 0 Å². The summed E-state index contributed by atoms with van der Waals surface area (Å²) in [7, 11) is -4.51. The lowest BCUT2D eigenvalue weighted by molar-refractivity contribution is -0.114. The lowest BCUT2D eigenvalue weighted by Gasteiger charge is -2.01. The molecule has 1 amide bonds. The molecule has 3 N–H and O–H groups in total. The van der Waals surface area contributed by atoms with Crippen molar-refractivity contribution in [3.63, 3.8) is 0 Å². The molecule has 0 aliphatic carbocycles. The largest absolute Gasteiger partial charge is 0.375 e. The molecular weight excluding hydrogens is 136 g/mol. The van der Waals surface area contributed by atoms with Crippen molar-refractivity contribution in [1.29, 1.82) is 0 Å². The fourth-order valence-electron chi connectivity index (χ4n) is 0.0544. The third kappa shape index (κ3) is 1.87. The van der Waals surface area contributed by atoms with Crippen LogP contribution >= 0.6 is 0 Å². The second-order valence-corrected chi connectivity index (χ2v) is 2.23. The Morgan fingerprint density at radius 2 is 2.00 bits per heavy atom. The summed E-state index contributed by atoms with van der Waals surface area (Å²) in [6.45, 7) is 0. The van der Waals surface area contributed by atoms with E-state index in [-0.39, 0.29) is 10.8 Å². The van der Waals surface area contributed by atoms with Gasteiger partial charge in [-0.3, -0.25) is 9.35 Å². The number of hydrazine groups is 1. The van der Waals surface area contributed by atoms with E-state index in [1.165, 1.54) is 0 Å². The Hall–Kier alpha value is -0.660. The molecule has 8 heavy (non-hydrogen) atoms. The van der Waals surface area contributed by atoms with Crippen molar-refractivity contribution >= 4 is 16.7 Å². The van der Waals surface area contributed by atoms with Crippen LogP contribution in [0.4, 0.5) is 0 Å².